The van der Waals surface area contributed by atoms with Crippen molar-refractivity contribution in [2.75, 3.05) is 6.56 Å². The third-order valence-corrected chi connectivity index (χ3v) is 7.27. The molecule has 2 heterocycles. The van der Waals surface area contributed by atoms with Gasteiger partial charge in [-0.15, -0.1) is 0 Å². The Morgan fingerprint density at radius 1 is 1.27 bits per heavy atom. The van der Waals surface area contributed by atoms with E-state index in [0.717, 1.165) is 0 Å². The third kappa shape index (κ3) is 6.89. The zero-order valence-corrected chi connectivity index (χ0v) is 18.7. The standard InChI is InChI=1S/C11H13ClFN2O15P3/c12-2-1-11(19)7(16)6(28-9(11)15-3-5(13)8(17)14-10(15)18)4-27-32(23,24)30-33(25,26)29-31(20,21)22/h3,6-7,9,16,19H,4H2,(H,23,24)(H,25,26)(H,14,17,18)(H2,20,21,22)/t6-,7+,9-,11?/m1/s1/i4D2. The molecule has 1 saturated heterocycles. The van der Waals surface area contributed by atoms with Gasteiger partial charge in [-0.1, -0.05) is 0 Å². The first kappa shape index (κ1) is 24.9. The molecule has 1 aromatic rings. The molecule has 1 aliphatic rings. The van der Waals surface area contributed by atoms with Crippen molar-refractivity contribution < 1.29 is 68.5 Å². The summed E-state index contributed by atoms with van der Waals surface area (Å²) < 4.78 is 79.2. The van der Waals surface area contributed by atoms with Gasteiger partial charge in [0.05, 0.1) is 15.5 Å². The second-order valence-corrected chi connectivity index (χ2v) is 10.4. The van der Waals surface area contributed by atoms with Gasteiger partial charge in [-0.05, 0) is 17.5 Å². The average Bonchev–Trinajstić information content (AvgIpc) is 2.86. The van der Waals surface area contributed by atoms with Gasteiger partial charge in [-0.3, -0.25) is 18.9 Å². The number of nitrogens with one attached hydrogen (secondary N) is 1. The molecular weight excluding hydrogens is 547 g/mol. The topological polar surface area (TPSA) is 264 Å². The summed E-state index contributed by atoms with van der Waals surface area (Å²) in [5.74, 6) is 0.147. The minimum absolute atomic E-state index is 0.113. The van der Waals surface area contributed by atoms with E-state index in [2.05, 4.69) is 13.1 Å². The van der Waals surface area contributed by atoms with Crippen LogP contribution in [0.4, 0.5) is 4.39 Å². The van der Waals surface area contributed by atoms with Gasteiger partial charge >= 0.3 is 29.2 Å². The number of H-pyrrole nitrogens is 1. The van der Waals surface area contributed by atoms with Crippen molar-refractivity contribution in [3.63, 3.8) is 0 Å². The molecule has 33 heavy (non-hydrogen) atoms. The highest BCUT2D eigenvalue weighted by Gasteiger charge is 2.57. The molecule has 22 heteroatoms. The van der Waals surface area contributed by atoms with Crippen LogP contribution in [0.1, 0.15) is 8.97 Å². The largest absolute Gasteiger partial charge is 0.490 e. The first-order chi connectivity index (χ1) is 15.6. The van der Waals surface area contributed by atoms with Gasteiger partial charge in [-0.25, -0.2) is 18.5 Å². The van der Waals surface area contributed by atoms with Crippen molar-refractivity contribution in [2.24, 2.45) is 0 Å². The minimum atomic E-state index is -6.14. The molecule has 1 fully saturated rings. The van der Waals surface area contributed by atoms with E-state index in [-0.39, 0.29) is 10.8 Å². The summed E-state index contributed by atoms with van der Waals surface area (Å²) in [4.78, 5) is 60.5. The molecule has 0 saturated carbocycles. The molecule has 186 valence electrons. The minimum Gasteiger partial charge on any atom is -0.386 e. The van der Waals surface area contributed by atoms with Crippen molar-refractivity contribution >= 4 is 35.1 Å². The smallest absolute Gasteiger partial charge is 0.386 e. The summed E-state index contributed by atoms with van der Waals surface area (Å²) >= 11 is 5.21. The predicted molar refractivity (Wildman–Crippen MR) is 99.6 cm³/mol. The van der Waals surface area contributed by atoms with Crippen LogP contribution in [0.15, 0.2) is 15.8 Å². The van der Waals surface area contributed by atoms with Crippen molar-refractivity contribution in [3.8, 4) is 11.3 Å². The third-order valence-electron chi connectivity index (χ3n) is 3.51. The van der Waals surface area contributed by atoms with Gasteiger partial charge in [-0.2, -0.15) is 13.0 Å². The Bertz CT molecular complexity index is 1320. The Kier molecular flexibility index (Phi) is 7.37. The first-order valence-corrected chi connectivity index (χ1v) is 12.6. The number of ether oxygens (including phenoxy) is 1. The van der Waals surface area contributed by atoms with Crippen LogP contribution in [0.5, 0.6) is 0 Å². The maximum Gasteiger partial charge on any atom is 0.490 e. The van der Waals surface area contributed by atoms with Gasteiger partial charge in [0.2, 0.25) is 11.4 Å². The Labute approximate surface area is 188 Å². The molecule has 1 aliphatic heterocycles. The Morgan fingerprint density at radius 2 is 1.88 bits per heavy atom. The van der Waals surface area contributed by atoms with Crippen LogP contribution in [-0.4, -0.2) is 63.7 Å². The molecule has 0 amide bonds. The van der Waals surface area contributed by atoms with Gasteiger partial charge in [0, 0.05) is 5.38 Å². The number of rotatable bonds is 8. The Morgan fingerprint density at radius 3 is 2.42 bits per heavy atom. The quantitative estimate of drug-likeness (QED) is 0.136. The molecule has 0 aliphatic carbocycles. The molecule has 0 aromatic carbocycles. The highest BCUT2D eigenvalue weighted by Crippen LogP contribution is 2.66. The van der Waals surface area contributed by atoms with Crippen LogP contribution in [0.3, 0.4) is 0 Å². The predicted octanol–water partition coefficient (Wildman–Crippen LogP) is -1.79. The summed E-state index contributed by atoms with van der Waals surface area (Å²) in [6.07, 6.45) is -7.45. The van der Waals surface area contributed by atoms with Gasteiger partial charge < -0.3 is 34.5 Å². The van der Waals surface area contributed by atoms with Crippen LogP contribution in [0.2, 0.25) is 0 Å². The molecule has 0 bridgehead atoms. The van der Waals surface area contributed by atoms with Crippen LogP contribution >= 0.6 is 35.1 Å². The molecule has 0 spiro atoms. The van der Waals surface area contributed by atoms with E-state index in [0.29, 0.717) is 0 Å². The SMILES string of the molecule is [2H]C([2H])(OP(=O)(O)OP(=O)(O)OP(=O)(O)O)[C@H]1O[C@@H](n2cc(F)c(=O)[nH]c2=O)C(O)(C#CCl)[C@H]1O. The molecule has 1 aromatic heterocycles. The van der Waals surface area contributed by atoms with Crippen LogP contribution in [-0.2, 0) is 31.6 Å². The van der Waals surface area contributed by atoms with E-state index in [1.807, 2.05) is 0 Å². The van der Waals surface area contributed by atoms with Crippen LogP contribution in [0.25, 0.3) is 0 Å². The maximum atomic E-state index is 13.7. The molecule has 6 atom stereocenters. The van der Waals surface area contributed by atoms with Gasteiger partial charge in [0.15, 0.2) is 6.23 Å². The number of aromatic nitrogens is 2. The highest BCUT2D eigenvalue weighted by atomic mass is 35.5. The fraction of sp³-hybridized carbons (Fsp3) is 0.455. The lowest BCUT2D eigenvalue weighted by Gasteiger charge is -2.26. The number of aromatic amines is 1. The van der Waals surface area contributed by atoms with E-state index in [1.54, 1.807) is 11.3 Å². The normalized spacial score (nSPS) is 30.4. The van der Waals surface area contributed by atoms with Crippen molar-refractivity contribution in [1.82, 2.24) is 9.55 Å². The van der Waals surface area contributed by atoms with E-state index < -0.39 is 71.1 Å². The average molecular weight is 563 g/mol. The van der Waals surface area contributed by atoms with E-state index >= 15 is 0 Å². The van der Waals surface area contributed by atoms with Gasteiger partial charge in [0.25, 0.3) is 5.56 Å². The molecule has 3 unspecified atom stereocenters. The number of hydrogen-bond donors (Lipinski definition) is 7. The summed E-state index contributed by atoms with van der Waals surface area (Å²) in [6, 6.07) is 0. The van der Waals surface area contributed by atoms with E-state index in [9.17, 15) is 42.8 Å². The van der Waals surface area contributed by atoms with Crippen molar-refractivity contribution in [3.05, 3.63) is 32.9 Å². The highest BCUT2D eigenvalue weighted by molar-refractivity contribution is 7.66. The lowest BCUT2D eigenvalue weighted by Crippen LogP contribution is -2.48. The van der Waals surface area contributed by atoms with Crippen molar-refractivity contribution in [2.45, 2.75) is 24.0 Å². The number of aliphatic hydroxyl groups excluding tert-OH is 1. The van der Waals surface area contributed by atoms with E-state index in [4.69, 9.17) is 33.8 Å². The lowest BCUT2D eigenvalue weighted by molar-refractivity contribution is -0.0765. The Balaban J connectivity index is 2.45. The zero-order chi connectivity index (χ0) is 27.2. The second kappa shape index (κ2) is 9.78. The molecular formula is C11H13ClFN2O15P3. The molecule has 2 rings (SSSR count). The molecule has 0 radical (unpaired) electrons. The number of hydrogen-bond acceptors (Lipinski definition) is 11. The van der Waals surface area contributed by atoms with Crippen LogP contribution < -0.4 is 11.2 Å². The number of nitrogens with zero attached hydrogens (tertiary/aromatic N) is 1. The molecule has 7 N–H and O–H groups in total. The second-order valence-electron chi connectivity index (χ2n) is 5.84. The summed E-state index contributed by atoms with van der Waals surface area (Å²) in [7, 11) is -18.0. The summed E-state index contributed by atoms with van der Waals surface area (Å²) in [6.45, 7) is -3.81. The fourth-order valence-electron chi connectivity index (χ4n) is 2.32. The summed E-state index contributed by atoms with van der Waals surface area (Å²) in [5.41, 5.74) is -6.04. The number of phosphoric ester groups is 1. The number of aliphatic hydroxyl groups is 2. The summed E-state index contributed by atoms with van der Waals surface area (Å²) in [5, 5.41) is 22.7. The molecule has 17 nitrogen and oxygen atoms in total. The van der Waals surface area contributed by atoms with Gasteiger partial charge in [0.1, 0.15) is 12.2 Å². The zero-order valence-electron chi connectivity index (χ0n) is 17.2. The van der Waals surface area contributed by atoms with Crippen LogP contribution in [0, 0.1) is 17.1 Å². The fourth-order valence-corrected chi connectivity index (χ4v) is 5.35. The maximum absolute atomic E-state index is 13.7. The lowest BCUT2D eigenvalue weighted by atomic mass is 9.95. The number of phosphoric acid groups is 3. The van der Waals surface area contributed by atoms with E-state index in [1.165, 1.54) is 4.98 Å². The monoisotopic (exact) mass is 562 g/mol. The number of halogens is 2. The Hall–Kier alpha value is -1.25. The first-order valence-electron chi connectivity index (χ1n) is 8.68. The van der Waals surface area contributed by atoms with Crippen molar-refractivity contribution in [1.29, 1.82) is 0 Å².